The second kappa shape index (κ2) is 7.20. The first-order valence-electron chi connectivity index (χ1n) is 7.09. The van der Waals surface area contributed by atoms with Gasteiger partial charge in [0.15, 0.2) is 9.84 Å². The van der Waals surface area contributed by atoms with Gasteiger partial charge in [0, 0.05) is 0 Å². The number of nitrogens with two attached hydrogens (primary N) is 1. The van der Waals surface area contributed by atoms with Gasteiger partial charge >= 0.3 is 0 Å². The third-order valence-electron chi connectivity index (χ3n) is 3.37. The minimum absolute atomic E-state index is 0.464. The van der Waals surface area contributed by atoms with Crippen molar-refractivity contribution in [3.63, 3.8) is 0 Å². The van der Waals surface area contributed by atoms with Crippen LogP contribution in [0.2, 0.25) is 0 Å². The van der Waals surface area contributed by atoms with Gasteiger partial charge in [-0.15, -0.1) is 0 Å². The first-order chi connectivity index (χ1) is 9.34. The van der Waals surface area contributed by atoms with E-state index in [2.05, 4.69) is 5.32 Å². The molecule has 0 amide bonds. The number of nitrogens with one attached hydrogen (secondary N) is 1. The van der Waals surface area contributed by atoms with Crippen LogP contribution in [0.15, 0.2) is 17.0 Å². The van der Waals surface area contributed by atoms with Crippen LogP contribution in [0.3, 0.4) is 0 Å². The number of benzene rings is 1. The molecule has 114 valence electrons. The molecule has 20 heavy (non-hydrogen) atoms. The summed E-state index contributed by atoms with van der Waals surface area (Å²) in [5.41, 5.74) is 8.23. The van der Waals surface area contributed by atoms with E-state index in [4.69, 9.17) is 5.73 Å². The average Bonchev–Trinajstić information content (AvgIpc) is 2.32. The summed E-state index contributed by atoms with van der Waals surface area (Å²) >= 11 is 0. The number of sulfone groups is 1. The Hall–Kier alpha value is -0.910. The molecule has 1 aromatic rings. The van der Waals surface area contributed by atoms with E-state index in [9.17, 15) is 8.42 Å². The van der Waals surface area contributed by atoms with E-state index in [-0.39, 0.29) is 0 Å². The van der Waals surface area contributed by atoms with Crippen LogP contribution in [0.25, 0.3) is 0 Å². The van der Waals surface area contributed by atoms with Crippen molar-refractivity contribution in [2.45, 2.75) is 50.8 Å². The molecule has 1 rings (SSSR count). The molecule has 0 aromatic heterocycles. The summed E-state index contributed by atoms with van der Waals surface area (Å²) < 4.78 is 25.8. The summed E-state index contributed by atoms with van der Waals surface area (Å²) in [5.74, 6) is 0. The number of hydrogen-bond acceptors (Lipinski definition) is 4. The molecule has 0 saturated carbocycles. The number of aryl methyl sites for hydroxylation is 3. The van der Waals surface area contributed by atoms with Crippen LogP contribution >= 0.6 is 0 Å². The van der Waals surface area contributed by atoms with Gasteiger partial charge in [-0.25, -0.2) is 8.42 Å². The van der Waals surface area contributed by atoms with Crippen molar-refractivity contribution in [2.75, 3.05) is 13.1 Å². The van der Waals surface area contributed by atoms with Gasteiger partial charge in [0.05, 0.1) is 4.90 Å². The second-order valence-electron chi connectivity index (χ2n) is 5.25. The molecule has 1 atom stereocenters. The van der Waals surface area contributed by atoms with Crippen LogP contribution in [-0.2, 0) is 9.84 Å². The molecule has 0 spiro atoms. The third kappa shape index (κ3) is 3.81. The second-order valence-corrected chi connectivity index (χ2v) is 7.32. The van der Waals surface area contributed by atoms with Gasteiger partial charge in [0.1, 0.15) is 5.37 Å². The van der Waals surface area contributed by atoms with E-state index in [1.165, 1.54) is 0 Å². The predicted molar refractivity (Wildman–Crippen MR) is 83.6 cm³/mol. The van der Waals surface area contributed by atoms with Gasteiger partial charge in [0.25, 0.3) is 0 Å². The average molecular weight is 298 g/mol. The zero-order valence-electron chi connectivity index (χ0n) is 12.9. The van der Waals surface area contributed by atoms with Crippen LogP contribution in [0, 0.1) is 20.8 Å². The maximum Gasteiger partial charge on any atom is 0.194 e. The maximum atomic E-state index is 12.9. The summed E-state index contributed by atoms with van der Waals surface area (Å²) in [4.78, 5) is 0.464. The van der Waals surface area contributed by atoms with Crippen molar-refractivity contribution in [3.8, 4) is 0 Å². The molecule has 0 radical (unpaired) electrons. The van der Waals surface area contributed by atoms with E-state index in [1.54, 1.807) is 0 Å². The summed E-state index contributed by atoms with van der Waals surface area (Å²) in [6, 6.07) is 3.84. The highest BCUT2D eigenvalue weighted by Crippen LogP contribution is 2.26. The van der Waals surface area contributed by atoms with Crippen molar-refractivity contribution in [2.24, 2.45) is 5.73 Å². The van der Waals surface area contributed by atoms with Gasteiger partial charge in [-0.2, -0.15) is 0 Å². The Balaban J connectivity index is 3.26. The monoisotopic (exact) mass is 298 g/mol. The Bertz CT molecular complexity index is 530. The molecule has 5 heteroatoms. The molecule has 0 bridgehead atoms. The number of rotatable bonds is 7. The minimum Gasteiger partial charge on any atom is -0.330 e. The Morgan fingerprint density at radius 3 is 2.20 bits per heavy atom. The Labute approximate surface area is 122 Å². The highest BCUT2D eigenvalue weighted by Gasteiger charge is 2.29. The van der Waals surface area contributed by atoms with Gasteiger partial charge < -0.3 is 11.1 Å². The lowest BCUT2D eigenvalue weighted by Crippen LogP contribution is -2.37. The molecule has 3 N–H and O–H groups in total. The third-order valence-corrected chi connectivity index (χ3v) is 5.73. The molecule has 0 heterocycles. The first kappa shape index (κ1) is 17.1. The minimum atomic E-state index is -3.38. The lowest BCUT2D eigenvalue weighted by Gasteiger charge is -2.21. The molecule has 0 aliphatic rings. The topological polar surface area (TPSA) is 72.2 Å². The highest BCUT2D eigenvalue weighted by atomic mass is 32.2. The molecule has 4 nitrogen and oxygen atoms in total. The van der Waals surface area contributed by atoms with Crippen molar-refractivity contribution in [3.05, 3.63) is 28.8 Å². The normalized spacial score (nSPS) is 13.4. The van der Waals surface area contributed by atoms with Crippen LogP contribution in [0.1, 0.15) is 36.5 Å². The molecule has 0 fully saturated rings. The van der Waals surface area contributed by atoms with Crippen LogP contribution in [0.5, 0.6) is 0 Å². The summed E-state index contributed by atoms with van der Waals surface area (Å²) in [6.07, 6.45) is 1.24. The molecule has 1 aromatic carbocycles. The van der Waals surface area contributed by atoms with Gasteiger partial charge in [0.2, 0.25) is 0 Å². The lowest BCUT2D eigenvalue weighted by molar-refractivity contribution is 0.529. The summed E-state index contributed by atoms with van der Waals surface area (Å²) in [6.45, 7) is 8.74. The maximum absolute atomic E-state index is 12.9. The van der Waals surface area contributed by atoms with Crippen LogP contribution in [-0.4, -0.2) is 26.9 Å². The largest absolute Gasteiger partial charge is 0.330 e. The van der Waals surface area contributed by atoms with Gasteiger partial charge in [-0.3, -0.25) is 0 Å². The molecular formula is C15H26N2O2S. The SMILES string of the molecule is CCNC(CCCN)S(=O)(=O)c1c(C)cc(C)cc1C. The van der Waals surface area contributed by atoms with Crippen molar-refractivity contribution in [1.29, 1.82) is 0 Å². The van der Waals surface area contributed by atoms with Crippen LogP contribution < -0.4 is 11.1 Å². The molecule has 0 aliphatic heterocycles. The fourth-order valence-electron chi connectivity index (χ4n) is 2.66. The zero-order valence-corrected chi connectivity index (χ0v) is 13.7. The fourth-order valence-corrected chi connectivity index (χ4v) is 4.82. The molecule has 1 unspecified atom stereocenters. The van der Waals surface area contributed by atoms with E-state index in [1.807, 2.05) is 39.8 Å². The fraction of sp³-hybridized carbons (Fsp3) is 0.600. The van der Waals surface area contributed by atoms with E-state index in [0.717, 1.165) is 16.7 Å². The molecule has 0 aliphatic carbocycles. The van der Waals surface area contributed by atoms with Gasteiger partial charge in [-0.05, 0) is 57.8 Å². The van der Waals surface area contributed by atoms with Crippen molar-refractivity contribution < 1.29 is 8.42 Å². The molecular weight excluding hydrogens is 272 g/mol. The molecule has 0 saturated heterocycles. The Morgan fingerprint density at radius 2 is 1.75 bits per heavy atom. The number of hydrogen-bond donors (Lipinski definition) is 2. The Morgan fingerprint density at radius 1 is 1.20 bits per heavy atom. The van der Waals surface area contributed by atoms with Crippen molar-refractivity contribution in [1.82, 2.24) is 5.32 Å². The lowest BCUT2D eigenvalue weighted by atomic mass is 10.1. The summed E-state index contributed by atoms with van der Waals surface area (Å²) in [7, 11) is -3.38. The van der Waals surface area contributed by atoms with E-state index >= 15 is 0 Å². The van der Waals surface area contributed by atoms with Gasteiger partial charge in [-0.1, -0.05) is 24.6 Å². The van der Waals surface area contributed by atoms with E-state index in [0.29, 0.717) is 30.8 Å². The summed E-state index contributed by atoms with van der Waals surface area (Å²) in [5, 5.41) is 2.52. The highest BCUT2D eigenvalue weighted by molar-refractivity contribution is 7.92. The standard InChI is InChI=1S/C15H26N2O2S/c1-5-17-14(7-6-8-16)20(18,19)15-12(3)9-11(2)10-13(15)4/h9-10,14,17H,5-8,16H2,1-4H3. The van der Waals surface area contributed by atoms with Crippen LogP contribution in [0.4, 0.5) is 0 Å². The van der Waals surface area contributed by atoms with Crippen molar-refractivity contribution >= 4 is 9.84 Å². The quantitative estimate of drug-likeness (QED) is 0.808. The smallest absolute Gasteiger partial charge is 0.194 e. The Kier molecular flexibility index (Phi) is 6.17. The zero-order chi connectivity index (χ0) is 15.3. The van der Waals surface area contributed by atoms with E-state index < -0.39 is 15.2 Å². The first-order valence-corrected chi connectivity index (χ1v) is 8.64. The predicted octanol–water partition coefficient (Wildman–Crippen LogP) is 2.06.